The van der Waals surface area contributed by atoms with Crippen LogP contribution in [0.25, 0.3) is 0 Å². The van der Waals surface area contributed by atoms with E-state index in [-0.39, 0.29) is 0 Å². The predicted molar refractivity (Wildman–Crippen MR) is 47.5 cm³/mol. The van der Waals surface area contributed by atoms with Gasteiger partial charge >= 0.3 is 0 Å². The molecule has 0 amide bonds. The van der Waals surface area contributed by atoms with Crippen molar-refractivity contribution in [3.05, 3.63) is 0 Å². The van der Waals surface area contributed by atoms with E-state index in [2.05, 4.69) is 13.8 Å². The van der Waals surface area contributed by atoms with Gasteiger partial charge in [0.1, 0.15) is 0 Å². The molecule has 0 aromatic carbocycles. The van der Waals surface area contributed by atoms with E-state index in [1.807, 2.05) is 0 Å². The second-order valence-corrected chi connectivity index (χ2v) is 2.52. The van der Waals surface area contributed by atoms with E-state index < -0.39 is 0 Å². The van der Waals surface area contributed by atoms with Gasteiger partial charge in [-0.25, -0.2) is 10.2 Å². The van der Waals surface area contributed by atoms with Crippen LogP contribution in [-0.4, -0.2) is 6.08 Å². The zero-order valence-electron chi connectivity index (χ0n) is 7.65. The largest absolute Gasteiger partial charge is 0.231 e. The molecule has 0 saturated heterocycles. The molecule has 2 heteroatoms. The Bertz CT molecular complexity index is 79.6. The Labute approximate surface area is 69.5 Å². The maximum Gasteiger partial charge on any atom is 0.231 e. The monoisotopic (exact) mass is 157 g/mol. The lowest BCUT2D eigenvalue weighted by Gasteiger charge is -1.93. The minimum absolute atomic E-state index is 0.750. The third-order valence-corrected chi connectivity index (χ3v) is 1.46. The molecule has 0 bridgehead atoms. The average molecular weight is 157 g/mol. The summed E-state index contributed by atoms with van der Waals surface area (Å²) in [5.41, 5.74) is 0. The smallest absolute Gasteiger partial charge is 0.222 e. The number of isocyanates is 1. The van der Waals surface area contributed by atoms with Gasteiger partial charge in [0.15, 0.2) is 0 Å². The number of hydrogen-bond acceptors (Lipinski definition) is 2. The highest BCUT2D eigenvalue weighted by atomic mass is 16.1. The summed E-state index contributed by atoms with van der Waals surface area (Å²) < 4.78 is 0. The highest BCUT2D eigenvalue weighted by molar-refractivity contribution is 5.26. The molecule has 0 unspecified atom stereocenters. The van der Waals surface area contributed by atoms with Crippen LogP contribution in [0.2, 0.25) is 0 Å². The zero-order valence-corrected chi connectivity index (χ0v) is 7.65. The Morgan fingerprint density at radius 3 is 1.45 bits per heavy atom. The molecule has 0 fully saturated rings. The van der Waals surface area contributed by atoms with Crippen molar-refractivity contribution in [2.75, 3.05) is 0 Å². The van der Waals surface area contributed by atoms with E-state index in [9.17, 15) is 0 Å². The lowest BCUT2D eigenvalue weighted by molar-refractivity contribution is 0.563. The number of rotatable bonds is 5. The molecule has 0 atom stereocenters. The lowest BCUT2D eigenvalue weighted by atomic mass is 10.1. The molecular formula is C9H19NO. The highest BCUT2D eigenvalue weighted by Crippen LogP contribution is 2.03. The Hall–Kier alpha value is -0.620. The van der Waals surface area contributed by atoms with Crippen LogP contribution in [0.4, 0.5) is 0 Å². The predicted octanol–water partition coefficient (Wildman–Crippen LogP) is 3.27. The number of carbonyl (C=O) groups excluding carboxylic acids is 1. The van der Waals surface area contributed by atoms with Crippen LogP contribution in [0.3, 0.4) is 0 Å². The van der Waals surface area contributed by atoms with Gasteiger partial charge in [0.25, 0.3) is 0 Å². The summed E-state index contributed by atoms with van der Waals surface area (Å²) in [6, 6.07) is 0. The van der Waals surface area contributed by atoms with Gasteiger partial charge in [0.2, 0.25) is 6.08 Å². The van der Waals surface area contributed by atoms with Gasteiger partial charge in [-0.2, -0.15) is 0 Å². The van der Waals surface area contributed by atoms with Crippen molar-refractivity contribution in [3.63, 3.8) is 0 Å². The molecule has 0 rings (SSSR count). The lowest BCUT2D eigenvalue weighted by Crippen LogP contribution is -1.73. The first-order chi connectivity index (χ1) is 5.33. The zero-order chi connectivity index (χ0) is 8.95. The summed E-state index contributed by atoms with van der Waals surface area (Å²) in [7, 11) is 0. The molecule has 0 aliphatic heterocycles. The number of nitrogens with one attached hydrogen (secondary N) is 1. The molecule has 2 nitrogen and oxygen atoms in total. The Balaban J connectivity index is 0. The molecule has 0 aromatic rings. The van der Waals surface area contributed by atoms with Crippen molar-refractivity contribution in [1.29, 1.82) is 5.41 Å². The summed E-state index contributed by atoms with van der Waals surface area (Å²) in [5, 5.41) is 5.40. The minimum atomic E-state index is 0.750. The second kappa shape index (κ2) is 16.2. The first kappa shape index (κ1) is 13.0. The van der Waals surface area contributed by atoms with Crippen LogP contribution in [-0.2, 0) is 4.79 Å². The third-order valence-electron chi connectivity index (χ3n) is 1.46. The van der Waals surface area contributed by atoms with Gasteiger partial charge < -0.3 is 0 Å². The van der Waals surface area contributed by atoms with E-state index in [4.69, 9.17) is 10.2 Å². The first-order valence-electron chi connectivity index (χ1n) is 4.37. The minimum Gasteiger partial charge on any atom is -0.222 e. The van der Waals surface area contributed by atoms with Crippen LogP contribution in [0.15, 0.2) is 0 Å². The fourth-order valence-electron chi connectivity index (χ4n) is 0.854. The van der Waals surface area contributed by atoms with Gasteiger partial charge in [-0.15, -0.1) is 0 Å². The van der Waals surface area contributed by atoms with E-state index in [0.29, 0.717) is 0 Å². The molecule has 0 aromatic heterocycles. The van der Waals surface area contributed by atoms with E-state index >= 15 is 0 Å². The Kier molecular flexibility index (Phi) is 19.1. The molecule has 0 aliphatic carbocycles. The molecule has 1 N–H and O–H groups in total. The Morgan fingerprint density at radius 2 is 1.27 bits per heavy atom. The molecule has 0 heterocycles. The van der Waals surface area contributed by atoms with Crippen molar-refractivity contribution < 1.29 is 4.79 Å². The molecule has 0 aliphatic rings. The van der Waals surface area contributed by atoms with Crippen molar-refractivity contribution in [2.24, 2.45) is 0 Å². The van der Waals surface area contributed by atoms with Gasteiger partial charge in [-0.05, 0) is 0 Å². The van der Waals surface area contributed by atoms with Gasteiger partial charge in [0.05, 0.1) is 0 Å². The van der Waals surface area contributed by atoms with E-state index in [1.165, 1.54) is 38.5 Å². The van der Waals surface area contributed by atoms with Crippen LogP contribution < -0.4 is 0 Å². The van der Waals surface area contributed by atoms with Crippen LogP contribution >= 0.6 is 0 Å². The summed E-state index contributed by atoms with van der Waals surface area (Å²) in [4.78, 5) is 8.35. The average Bonchev–Trinajstić information content (AvgIpc) is 2.00. The topological polar surface area (TPSA) is 40.9 Å². The summed E-state index contributed by atoms with van der Waals surface area (Å²) in [5.74, 6) is 0. The molecule has 0 spiro atoms. The molecule has 0 saturated carbocycles. The van der Waals surface area contributed by atoms with Crippen LogP contribution in [0, 0.1) is 5.41 Å². The van der Waals surface area contributed by atoms with Crippen molar-refractivity contribution in [2.45, 2.75) is 52.4 Å². The first-order valence-corrected chi connectivity index (χ1v) is 4.37. The van der Waals surface area contributed by atoms with Crippen molar-refractivity contribution in [1.82, 2.24) is 0 Å². The summed E-state index contributed by atoms with van der Waals surface area (Å²) >= 11 is 0. The quantitative estimate of drug-likeness (QED) is 0.371. The molecule has 11 heavy (non-hydrogen) atoms. The van der Waals surface area contributed by atoms with Gasteiger partial charge in [-0.1, -0.05) is 52.4 Å². The molecule has 66 valence electrons. The van der Waals surface area contributed by atoms with Crippen molar-refractivity contribution in [3.8, 4) is 0 Å². The maximum absolute atomic E-state index is 8.35. The van der Waals surface area contributed by atoms with Crippen molar-refractivity contribution >= 4 is 6.08 Å². The fourth-order valence-corrected chi connectivity index (χ4v) is 0.854. The van der Waals surface area contributed by atoms with E-state index in [1.54, 1.807) is 0 Å². The molecule has 0 radical (unpaired) electrons. The van der Waals surface area contributed by atoms with Crippen LogP contribution in [0.1, 0.15) is 52.4 Å². The molecular weight excluding hydrogens is 138 g/mol. The standard InChI is InChI=1S/C8H18.CHNO/c1-3-5-7-8-6-4-2;2-1-3/h3-8H2,1-2H3;2H. The second-order valence-electron chi connectivity index (χ2n) is 2.52. The third kappa shape index (κ3) is 26.6. The van der Waals surface area contributed by atoms with Crippen LogP contribution in [0.5, 0.6) is 0 Å². The maximum atomic E-state index is 8.35. The fraction of sp³-hybridized carbons (Fsp3) is 0.889. The normalized spacial score (nSPS) is 7.82. The summed E-state index contributed by atoms with van der Waals surface area (Å²) in [6.07, 6.45) is 9.24. The van der Waals surface area contributed by atoms with Gasteiger partial charge in [-0.3, -0.25) is 0 Å². The number of hydrogen-bond donors (Lipinski definition) is 1. The van der Waals surface area contributed by atoms with Gasteiger partial charge in [0, 0.05) is 0 Å². The summed E-state index contributed by atoms with van der Waals surface area (Å²) in [6.45, 7) is 4.51. The highest BCUT2D eigenvalue weighted by Gasteiger charge is 1.83. The van der Waals surface area contributed by atoms with E-state index in [0.717, 1.165) is 6.08 Å². The SMILES string of the molecule is CCCCCCCC.N=C=O. The number of unbranched alkanes of at least 4 members (excludes halogenated alkanes) is 5. The Morgan fingerprint density at radius 1 is 1.00 bits per heavy atom.